The molecule has 2 rings (SSSR count). The van der Waals surface area contributed by atoms with Crippen LogP contribution in [0.15, 0.2) is 31.1 Å². The zero-order chi connectivity index (χ0) is 7.52. The lowest BCUT2D eigenvalue weighted by molar-refractivity contribution is 0.151. The van der Waals surface area contributed by atoms with Crippen molar-refractivity contribution in [2.75, 3.05) is 0 Å². The van der Waals surface area contributed by atoms with Gasteiger partial charge in [0, 0.05) is 18.8 Å². The zero-order valence-electron chi connectivity index (χ0n) is 6.18. The van der Waals surface area contributed by atoms with Crippen molar-refractivity contribution in [3.05, 3.63) is 31.1 Å². The molecule has 0 spiro atoms. The van der Waals surface area contributed by atoms with Gasteiger partial charge in [-0.15, -0.1) is 0 Å². The van der Waals surface area contributed by atoms with Gasteiger partial charge in [0.05, 0.1) is 19.1 Å². The molecule has 1 unspecified atom stereocenters. The molecule has 3 heteroatoms. The van der Waals surface area contributed by atoms with Crippen LogP contribution in [-0.2, 0) is 11.3 Å². The van der Waals surface area contributed by atoms with Crippen LogP contribution in [0.3, 0.4) is 0 Å². The summed E-state index contributed by atoms with van der Waals surface area (Å²) in [6, 6.07) is 0. The second-order valence-electron chi connectivity index (χ2n) is 2.63. The Balaban J connectivity index is 1.91. The Bertz CT molecular complexity index is 233. The van der Waals surface area contributed by atoms with E-state index in [4.69, 9.17) is 4.74 Å². The van der Waals surface area contributed by atoms with Gasteiger partial charge in [-0.2, -0.15) is 0 Å². The van der Waals surface area contributed by atoms with E-state index in [2.05, 4.69) is 4.98 Å². The minimum absolute atomic E-state index is 0.309. The number of nitrogens with zero attached hydrogens (tertiary/aromatic N) is 2. The molecule has 3 nitrogen and oxygen atoms in total. The van der Waals surface area contributed by atoms with E-state index >= 15 is 0 Å². The van der Waals surface area contributed by atoms with Crippen LogP contribution in [0.2, 0.25) is 0 Å². The molecule has 0 amide bonds. The van der Waals surface area contributed by atoms with E-state index in [0.29, 0.717) is 6.10 Å². The Kier molecular flexibility index (Phi) is 1.63. The van der Waals surface area contributed by atoms with Crippen LogP contribution in [0.25, 0.3) is 0 Å². The van der Waals surface area contributed by atoms with E-state index in [9.17, 15) is 0 Å². The van der Waals surface area contributed by atoms with Crippen molar-refractivity contribution in [1.82, 2.24) is 9.55 Å². The van der Waals surface area contributed by atoms with E-state index in [-0.39, 0.29) is 0 Å². The highest BCUT2D eigenvalue weighted by Crippen LogP contribution is 2.10. The molecule has 1 aliphatic rings. The number of hydrogen-bond donors (Lipinski definition) is 0. The van der Waals surface area contributed by atoms with Gasteiger partial charge in [0.25, 0.3) is 0 Å². The predicted molar refractivity (Wildman–Crippen MR) is 40.9 cm³/mol. The third kappa shape index (κ3) is 1.42. The number of rotatable bonds is 2. The number of imidazole rings is 1. The molecule has 0 aliphatic carbocycles. The van der Waals surface area contributed by atoms with Crippen LogP contribution >= 0.6 is 0 Å². The maximum absolute atomic E-state index is 5.30. The van der Waals surface area contributed by atoms with Gasteiger partial charge in [-0.05, 0) is 6.08 Å². The molecule has 1 aromatic rings. The Morgan fingerprint density at radius 1 is 1.64 bits per heavy atom. The molecule has 0 radical (unpaired) electrons. The molecular formula is C8H10N2O. The van der Waals surface area contributed by atoms with Crippen molar-refractivity contribution in [3.8, 4) is 0 Å². The molecule has 0 saturated carbocycles. The summed E-state index contributed by atoms with van der Waals surface area (Å²) >= 11 is 0. The molecule has 0 N–H and O–H groups in total. The summed E-state index contributed by atoms with van der Waals surface area (Å²) < 4.78 is 7.32. The van der Waals surface area contributed by atoms with Crippen molar-refractivity contribution >= 4 is 0 Å². The first-order valence-corrected chi connectivity index (χ1v) is 3.71. The quantitative estimate of drug-likeness (QED) is 0.633. The fourth-order valence-electron chi connectivity index (χ4n) is 1.18. The van der Waals surface area contributed by atoms with Gasteiger partial charge in [0.2, 0.25) is 0 Å². The Morgan fingerprint density at radius 2 is 2.64 bits per heavy atom. The molecule has 2 heterocycles. The number of hydrogen-bond acceptors (Lipinski definition) is 2. The fraction of sp³-hybridized carbons (Fsp3) is 0.375. The monoisotopic (exact) mass is 150 g/mol. The lowest BCUT2D eigenvalue weighted by Crippen LogP contribution is -2.13. The van der Waals surface area contributed by atoms with E-state index < -0.39 is 0 Å². The lowest BCUT2D eigenvalue weighted by Gasteiger charge is -2.09. The molecule has 11 heavy (non-hydrogen) atoms. The fourth-order valence-corrected chi connectivity index (χ4v) is 1.18. The molecule has 1 atom stereocenters. The van der Waals surface area contributed by atoms with Crippen molar-refractivity contribution in [2.45, 2.75) is 19.1 Å². The maximum Gasteiger partial charge on any atom is 0.119 e. The van der Waals surface area contributed by atoms with Crippen molar-refractivity contribution in [3.63, 3.8) is 0 Å². The third-order valence-electron chi connectivity index (χ3n) is 1.74. The Hall–Kier alpha value is -1.25. The third-order valence-corrected chi connectivity index (χ3v) is 1.74. The molecule has 1 aliphatic heterocycles. The first-order valence-electron chi connectivity index (χ1n) is 3.71. The summed E-state index contributed by atoms with van der Waals surface area (Å²) in [5.74, 6) is 0. The topological polar surface area (TPSA) is 27.1 Å². The second-order valence-corrected chi connectivity index (χ2v) is 2.63. The highest BCUT2D eigenvalue weighted by atomic mass is 16.5. The van der Waals surface area contributed by atoms with E-state index in [1.54, 1.807) is 12.5 Å². The van der Waals surface area contributed by atoms with Crippen LogP contribution in [0.5, 0.6) is 0 Å². The molecule has 58 valence electrons. The summed E-state index contributed by atoms with van der Waals surface area (Å²) in [6.45, 7) is 0.896. The van der Waals surface area contributed by atoms with Crippen molar-refractivity contribution < 1.29 is 4.74 Å². The SMILES string of the molecule is C1=COC(Cn2ccnc2)C1. The van der Waals surface area contributed by atoms with Gasteiger partial charge in [0.15, 0.2) is 0 Å². The number of ether oxygens (including phenoxy) is 1. The average Bonchev–Trinajstić information content (AvgIpc) is 2.60. The van der Waals surface area contributed by atoms with E-state index in [1.165, 1.54) is 0 Å². The minimum atomic E-state index is 0.309. The van der Waals surface area contributed by atoms with Gasteiger partial charge in [0.1, 0.15) is 6.10 Å². The van der Waals surface area contributed by atoms with Gasteiger partial charge >= 0.3 is 0 Å². The average molecular weight is 150 g/mol. The molecule has 0 saturated heterocycles. The lowest BCUT2D eigenvalue weighted by atomic mass is 10.3. The normalized spacial score (nSPS) is 22.0. The van der Waals surface area contributed by atoms with E-state index in [1.807, 2.05) is 23.2 Å². The second kappa shape index (κ2) is 2.78. The molecule has 0 bridgehead atoms. The summed E-state index contributed by atoms with van der Waals surface area (Å²) in [7, 11) is 0. The Labute approximate surface area is 65.3 Å². The van der Waals surface area contributed by atoms with Gasteiger partial charge in [-0.1, -0.05) is 0 Å². The van der Waals surface area contributed by atoms with Crippen molar-refractivity contribution in [2.24, 2.45) is 0 Å². The largest absolute Gasteiger partial charge is 0.496 e. The summed E-state index contributed by atoms with van der Waals surface area (Å²) in [6.07, 6.45) is 10.7. The van der Waals surface area contributed by atoms with Crippen LogP contribution in [0.1, 0.15) is 6.42 Å². The summed E-state index contributed by atoms with van der Waals surface area (Å²) in [5.41, 5.74) is 0. The van der Waals surface area contributed by atoms with Crippen LogP contribution in [0.4, 0.5) is 0 Å². The van der Waals surface area contributed by atoms with Crippen molar-refractivity contribution in [1.29, 1.82) is 0 Å². The van der Waals surface area contributed by atoms with Crippen LogP contribution in [0, 0.1) is 0 Å². The van der Waals surface area contributed by atoms with Gasteiger partial charge < -0.3 is 9.30 Å². The van der Waals surface area contributed by atoms with E-state index in [0.717, 1.165) is 13.0 Å². The number of aromatic nitrogens is 2. The highest BCUT2D eigenvalue weighted by Gasteiger charge is 2.10. The minimum Gasteiger partial charge on any atom is -0.496 e. The molecular weight excluding hydrogens is 140 g/mol. The predicted octanol–water partition coefficient (Wildman–Crippen LogP) is 1.19. The molecule has 0 fully saturated rings. The summed E-state index contributed by atoms with van der Waals surface area (Å²) in [4.78, 5) is 3.95. The zero-order valence-corrected chi connectivity index (χ0v) is 6.18. The maximum atomic E-state index is 5.30. The van der Waals surface area contributed by atoms with Crippen LogP contribution < -0.4 is 0 Å². The Morgan fingerprint density at radius 3 is 3.27 bits per heavy atom. The molecule has 0 aromatic carbocycles. The highest BCUT2D eigenvalue weighted by molar-refractivity contribution is 4.87. The molecule has 1 aromatic heterocycles. The summed E-state index contributed by atoms with van der Waals surface area (Å²) in [5, 5.41) is 0. The first-order chi connectivity index (χ1) is 5.45. The van der Waals surface area contributed by atoms with Crippen LogP contribution in [-0.4, -0.2) is 15.7 Å². The van der Waals surface area contributed by atoms with Gasteiger partial charge in [-0.3, -0.25) is 0 Å². The first kappa shape index (κ1) is 6.46. The van der Waals surface area contributed by atoms with Gasteiger partial charge in [-0.25, -0.2) is 4.98 Å². The smallest absolute Gasteiger partial charge is 0.119 e. The standard InChI is InChI=1S/C8H10N2O/c1-2-8(11-5-1)6-10-4-3-9-7-10/h1,3-5,7-8H,2,6H2.